The molecule has 0 saturated heterocycles. The van der Waals surface area contributed by atoms with E-state index in [-0.39, 0.29) is 55.9 Å². The SMILES string of the molecule is CS(=O)(=O)N(CCCC(=O)N(Cc1ccc(Cl)cc1Cl)C(Cc1ccccc1)C(=O)NC1CCCCC1)c1ccc(F)c(F)c1. The third-order valence-corrected chi connectivity index (χ3v) is 9.70. The molecule has 0 radical (unpaired) electrons. The predicted octanol–water partition coefficient (Wildman–Crippen LogP) is 6.91. The van der Waals surface area contributed by atoms with Crippen molar-refractivity contribution < 1.29 is 26.8 Å². The van der Waals surface area contributed by atoms with Crippen molar-refractivity contribution in [2.45, 2.75) is 70.0 Å². The number of sulfonamides is 1. The smallest absolute Gasteiger partial charge is 0.243 e. The average Bonchev–Trinajstić information content (AvgIpc) is 3.00. The van der Waals surface area contributed by atoms with Gasteiger partial charge in [-0.2, -0.15) is 0 Å². The molecule has 0 heterocycles. The van der Waals surface area contributed by atoms with Crippen molar-refractivity contribution in [3.8, 4) is 0 Å². The van der Waals surface area contributed by atoms with E-state index >= 15 is 0 Å². The van der Waals surface area contributed by atoms with Gasteiger partial charge in [-0.15, -0.1) is 0 Å². The number of rotatable bonds is 13. The second-order valence-electron chi connectivity index (χ2n) is 11.3. The first kappa shape index (κ1) is 34.7. The number of carbonyl (C=O) groups is 2. The lowest BCUT2D eigenvalue weighted by Crippen LogP contribution is -2.53. The van der Waals surface area contributed by atoms with Crippen molar-refractivity contribution in [2.75, 3.05) is 17.1 Å². The van der Waals surface area contributed by atoms with Crippen LogP contribution in [0.5, 0.6) is 0 Å². The van der Waals surface area contributed by atoms with Crippen LogP contribution in [0.1, 0.15) is 56.1 Å². The van der Waals surface area contributed by atoms with Crippen molar-refractivity contribution in [3.63, 3.8) is 0 Å². The van der Waals surface area contributed by atoms with Gasteiger partial charge in [-0.05, 0) is 54.7 Å². The average molecular weight is 681 g/mol. The molecule has 1 atom stereocenters. The molecule has 0 bridgehead atoms. The van der Waals surface area contributed by atoms with Crippen LogP contribution in [-0.2, 0) is 32.6 Å². The van der Waals surface area contributed by atoms with Gasteiger partial charge in [0.15, 0.2) is 11.6 Å². The summed E-state index contributed by atoms with van der Waals surface area (Å²) in [7, 11) is -3.89. The number of carbonyl (C=O) groups excluding carboxylic acids is 2. The highest BCUT2D eigenvalue weighted by molar-refractivity contribution is 7.92. The molecule has 1 fully saturated rings. The lowest BCUT2D eigenvalue weighted by Gasteiger charge is -2.34. The van der Waals surface area contributed by atoms with E-state index in [1.807, 2.05) is 30.3 Å². The predicted molar refractivity (Wildman–Crippen MR) is 174 cm³/mol. The Morgan fingerprint density at radius 3 is 2.31 bits per heavy atom. The van der Waals surface area contributed by atoms with Gasteiger partial charge in [0.25, 0.3) is 0 Å². The van der Waals surface area contributed by atoms with Crippen LogP contribution in [-0.4, -0.2) is 50.0 Å². The lowest BCUT2D eigenvalue weighted by molar-refractivity contribution is -0.141. The number of amides is 2. The van der Waals surface area contributed by atoms with Gasteiger partial charge in [0.1, 0.15) is 6.04 Å². The van der Waals surface area contributed by atoms with Gasteiger partial charge in [-0.1, -0.05) is 78.9 Å². The summed E-state index contributed by atoms with van der Waals surface area (Å²) < 4.78 is 53.6. The Balaban J connectivity index is 1.61. The Labute approximate surface area is 273 Å². The van der Waals surface area contributed by atoms with Crippen molar-refractivity contribution in [3.05, 3.63) is 99.5 Å². The fraction of sp³-hybridized carbons (Fsp3) is 0.394. The number of benzene rings is 3. The first-order valence-electron chi connectivity index (χ1n) is 14.9. The molecule has 7 nitrogen and oxygen atoms in total. The summed E-state index contributed by atoms with van der Waals surface area (Å²) in [6, 6.07) is 16.3. The molecule has 12 heteroatoms. The van der Waals surface area contributed by atoms with E-state index in [0.29, 0.717) is 15.6 Å². The molecular formula is C33H37Cl2F2N3O4S. The highest BCUT2D eigenvalue weighted by atomic mass is 35.5. The normalized spacial score (nSPS) is 14.5. The molecule has 0 aromatic heterocycles. The van der Waals surface area contributed by atoms with Crippen LogP contribution < -0.4 is 9.62 Å². The van der Waals surface area contributed by atoms with Gasteiger partial charge in [0.2, 0.25) is 21.8 Å². The lowest BCUT2D eigenvalue weighted by atomic mass is 9.94. The van der Waals surface area contributed by atoms with E-state index in [1.54, 1.807) is 18.2 Å². The van der Waals surface area contributed by atoms with E-state index in [9.17, 15) is 26.8 Å². The molecule has 3 aromatic rings. The fourth-order valence-electron chi connectivity index (χ4n) is 5.58. The number of halogens is 4. The molecule has 1 aliphatic carbocycles. The van der Waals surface area contributed by atoms with Crippen LogP contribution in [0.25, 0.3) is 0 Å². The van der Waals surface area contributed by atoms with E-state index in [4.69, 9.17) is 23.2 Å². The third kappa shape index (κ3) is 9.89. The van der Waals surface area contributed by atoms with E-state index < -0.39 is 27.7 Å². The minimum Gasteiger partial charge on any atom is -0.352 e. The summed E-state index contributed by atoms with van der Waals surface area (Å²) in [6.45, 7) is -0.147. The number of nitrogens with zero attached hydrogens (tertiary/aromatic N) is 2. The molecule has 45 heavy (non-hydrogen) atoms. The maximum atomic E-state index is 14.0. The first-order valence-corrected chi connectivity index (χ1v) is 17.5. The highest BCUT2D eigenvalue weighted by Gasteiger charge is 2.32. The molecule has 1 N–H and O–H groups in total. The topological polar surface area (TPSA) is 86.8 Å². The molecule has 0 aliphatic heterocycles. The Hall–Kier alpha value is -3.21. The van der Waals surface area contributed by atoms with Gasteiger partial charge in [0.05, 0.1) is 11.9 Å². The summed E-state index contributed by atoms with van der Waals surface area (Å²) >= 11 is 12.6. The number of anilines is 1. The van der Waals surface area contributed by atoms with Gasteiger partial charge < -0.3 is 10.2 Å². The van der Waals surface area contributed by atoms with Crippen LogP contribution in [0.2, 0.25) is 10.0 Å². The van der Waals surface area contributed by atoms with Crippen LogP contribution >= 0.6 is 23.2 Å². The number of hydrogen-bond donors (Lipinski definition) is 1. The Kier molecular flexibility index (Phi) is 12.2. The molecule has 1 aliphatic rings. The quantitative estimate of drug-likeness (QED) is 0.213. The molecule has 242 valence electrons. The largest absolute Gasteiger partial charge is 0.352 e. The summed E-state index contributed by atoms with van der Waals surface area (Å²) in [5.74, 6) is -2.95. The maximum absolute atomic E-state index is 14.0. The van der Waals surface area contributed by atoms with Gasteiger partial charge in [-0.3, -0.25) is 13.9 Å². The first-order chi connectivity index (χ1) is 21.4. The Bertz CT molecular complexity index is 1590. The molecular weight excluding hydrogens is 643 g/mol. The zero-order chi connectivity index (χ0) is 32.6. The summed E-state index contributed by atoms with van der Waals surface area (Å²) in [4.78, 5) is 29.4. The standard InChI is InChI=1S/C33H37Cl2F2N3O4S/c1-45(43,44)40(27-16-17-29(36)30(37)21-27)18-8-13-32(41)39(22-24-14-15-25(34)20-28(24)35)31(19-23-9-4-2-5-10-23)33(42)38-26-11-6-3-7-12-26/h2,4-5,9-10,14-17,20-21,26,31H,3,6-8,11-13,18-19,22H2,1H3,(H,38,42). The molecule has 4 rings (SSSR count). The molecule has 2 amide bonds. The highest BCUT2D eigenvalue weighted by Crippen LogP contribution is 2.26. The third-order valence-electron chi connectivity index (χ3n) is 7.92. The zero-order valence-electron chi connectivity index (χ0n) is 25.0. The van der Waals surface area contributed by atoms with Crippen molar-refractivity contribution in [1.29, 1.82) is 0 Å². The summed E-state index contributed by atoms with van der Waals surface area (Å²) in [5.41, 5.74) is 1.41. The van der Waals surface area contributed by atoms with E-state index in [1.165, 1.54) is 11.0 Å². The van der Waals surface area contributed by atoms with Crippen LogP contribution in [0.15, 0.2) is 66.7 Å². The van der Waals surface area contributed by atoms with Crippen LogP contribution in [0, 0.1) is 11.6 Å². The number of hydrogen-bond acceptors (Lipinski definition) is 4. The van der Waals surface area contributed by atoms with Gasteiger partial charge in [0, 0.05) is 48.1 Å². The van der Waals surface area contributed by atoms with Crippen molar-refractivity contribution >= 4 is 50.7 Å². The number of nitrogens with one attached hydrogen (secondary N) is 1. The maximum Gasteiger partial charge on any atom is 0.243 e. The molecule has 1 unspecified atom stereocenters. The minimum atomic E-state index is -3.89. The van der Waals surface area contributed by atoms with Crippen LogP contribution in [0.3, 0.4) is 0 Å². The van der Waals surface area contributed by atoms with Gasteiger partial charge >= 0.3 is 0 Å². The minimum absolute atomic E-state index is 0.0139. The van der Waals surface area contributed by atoms with Crippen molar-refractivity contribution in [2.24, 2.45) is 0 Å². The van der Waals surface area contributed by atoms with Gasteiger partial charge in [-0.25, -0.2) is 17.2 Å². The molecule has 0 spiro atoms. The molecule has 3 aromatic carbocycles. The second kappa shape index (κ2) is 15.9. The fourth-order valence-corrected chi connectivity index (χ4v) is 7.00. The second-order valence-corrected chi connectivity index (χ2v) is 14.1. The Morgan fingerprint density at radius 1 is 0.956 bits per heavy atom. The van der Waals surface area contributed by atoms with E-state index in [2.05, 4.69) is 5.32 Å². The summed E-state index contributed by atoms with van der Waals surface area (Å²) in [6.07, 6.45) is 6.03. The zero-order valence-corrected chi connectivity index (χ0v) is 27.4. The van der Waals surface area contributed by atoms with Crippen molar-refractivity contribution in [1.82, 2.24) is 10.2 Å². The summed E-state index contributed by atoms with van der Waals surface area (Å²) in [5, 5.41) is 3.94. The molecule has 1 saturated carbocycles. The van der Waals surface area contributed by atoms with Crippen LogP contribution in [0.4, 0.5) is 14.5 Å². The van der Waals surface area contributed by atoms with E-state index in [0.717, 1.165) is 60.4 Å². The monoisotopic (exact) mass is 679 g/mol. The Morgan fingerprint density at radius 2 is 1.67 bits per heavy atom.